The largest absolute Gasteiger partial charge is 0.394 e. The zero-order chi connectivity index (χ0) is 19.5. The van der Waals surface area contributed by atoms with Gasteiger partial charge in [0.2, 0.25) is 10.0 Å². The number of nitrogens with zero attached hydrogens (tertiary/aromatic N) is 2. The van der Waals surface area contributed by atoms with Crippen LogP contribution in [-0.2, 0) is 20.0 Å². The second-order valence-electron chi connectivity index (χ2n) is 6.22. The Labute approximate surface area is 160 Å². The molecule has 0 saturated carbocycles. The lowest BCUT2D eigenvalue weighted by Crippen LogP contribution is -2.33. The van der Waals surface area contributed by atoms with Crippen LogP contribution in [0.1, 0.15) is 12.8 Å². The lowest BCUT2D eigenvalue weighted by molar-refractivity contribution is 0.306. The fourth-order valence-corrected chi connectivity index (χ4v) is 6.03. The summed E-state index contributed by atoms with van der Waals surface area (Å²) in [5.41, 5.74) is 0.431. The third-order valence-corrected chi connectivity index (χ3v) is 8.22. The Morgan fingerprint density at radius 2 is 1.41 bits per heavy atom. The van der Waals surface area contributed by atoms with Crippen LogP contribution in [0.4, 0.5) is 5.69 Å². The molecule has 1 aliphatic rings. The highest BCUT2D eigenvalue weighted by molar-refractivity contribution is 7.92. The molecule has 0 spiro atoms. The second-order valence-corrected chi connectivity index (χ2v) is 10.0. The molecule has 0 amide bonds. The molecular weight excluding hydrogens is 388 g/mol. The molecule has 0 radical (unpaired) electrons. The van der Waals surface area contributed by atoms with Crippen molar-refractivity contribution < 1.29 is 21.9 Å². The van der Waals surface area contributed by atoms with Gasteiger partial charge >= 0.3 is 0 Å². The maximum absolute atomic E-state index is 13.0. The monoisotopic (exact) mass is 410 g/mol. The molecular formula is C18H22N2O5S2. The summed E-state index contributed by atoms with van der Waals surface area (Å²) < 4.78 is 53.7. The van der Waals surface area contributed by atoms with Gasteiger partial charge < -0.3 is 5.11 Å². The van der Waals surface area contributed by atoms with Crippen molar-refractivity contribution in [3.05, 3.63) is 54.6 Å². The first kappa shape index (κ1) is 19.8. The van der Waals surface area contributed by atoms with Gasteiger partial charge in [0.15, 0.2) is 0 Å². The summed E-state index contributed by atoms with van der Waals surface area (Å²) in [5.74, 6) is 0. The highest BCUT2D eigenvalue weighted by atomic mass is 32.2. The quantitative estimate of drug-likeness (QED) is 0.749. The van der Waals surface area contributed by atoms with E-state index in [0.29, 0.717) is 18.8 Å². The minimum Gasteiger partial charge on any atom is -0.394 e. The minimum absolute atomic E-state index is 0.0276. The number of hydrogen-bond donors (Lipinski definition) is 1. The van der Waals surface area contributed by atoms with Gasteiger partial charge in [-0.15, -0.1) is 0 Å². The molecule has 3 rings (SSSR count). The van der Waals surface area contributed by atoms with Crippen molar-refractivity contribution in [2.75, 3.05) is 30.5 Å². The normalized spacial score (nSPS) is 15.7. The first-order chi connectivity index (χ1) is 12.9. The lowest BCUT2D eigenvalue weighted by Gasteiger charge is -2.24. The number of sulfonamides is 2. The van der Waals surface area contributed by atoms with Crippen molar-refractivity contribution in [3.8, 4) is 0 Å². The summed E-state index contributed by atoms with van der Waals surface area (Å²) in [6.45, 7) is 0.539. The number of aliphatic hydroxyl groups excluding tert-OH is 1. The number of rotatable bonds is 7. The molecule has 0 unspecified atom stereocenters. The van der Waals surface area contributed by atoms with E-state index in [4.69, 9.17) is 0 Å². The summed E-state index contributed by atoms with van der Waals surface area (Å²) in [6.07, 6.45) is 1.66. The first-order valence-corrected chi connectivity index (χ1v) is 11.5. The van der Waals surface area contributed by atoms with E-state index in [9.17, 15) is 21.9 Å². The molecule has 0 aliphatic carbocycles. The molecule has 2 aromatic rings. The zero-order valence-electron chi connectivity index (χ0n) is 14.7. The van der Waals surface area contributed by atoms with E-state index in [1.165, 1.54) is 28.6 Å². The molecule has 146 valence electrons. The molecule has 1 aliphatic heterocycles. The van der Waals surface area contributed by atoms with Gasteiger partial charge in [-0.3, -0.25) is 4.31 Å². The molecule has 7 nitrogen and oxygen atoms in total. The van der Waals surface area contributed by atoms with Crippen LogP contribution >= 0.6 is 0 Å². The topological polar surface area (TPSA) is 95.0 Å². The molecule has 0 bridgehead atoms. The van der Waals surface area contributed by atoms with Gasteiger partial charge in [0.05, 0.1) is 28.6 Å². The maximum atomic E-state index is 13.0. The lowest BCUT2D eigenvalue weighted by atomic mass is 10.3. The number of benzene rings is 2. The summed E-state index contributed by atoms with van der Waals surface area (Å²) >= 11 is 0. The van der Waals surface area contributed by atoms with E-state index >= 15 is 0 Å². The number of aliphatic hydroxyl groups is 1. The Hall–Kier alpha value is -1.94. The van der Waals surface area contributed by atoms with Crippen molar-refractivity contribution in [1.29, 1.82) is 0 Å². The maximum Gasteiger partial charge on any atom is 0.264 e. The average Bonchev–Trinajstić information content (AvgIpc) is 3.22. The molecule has 9 heteroatoms. The fraction of sp³-hybridized carbons (Fsp3) is 0.333. The second kappa shape index (κ2) is 7.97. The van der Waals surface area contributed by atoms with Crippen molar-refractivity contribution in [2.24, 2.45) is 0 Å². The molecule has 1 fully saturated rings. The predicted molar refractivity (Wildman–Crippen MR) is 102 cm³/mol. The Morgan fingerprint density at radius 1 is 0.852 bits per heavy atom. The van der Waals surface area contributed by atoms with E-state index in [2.05, 4.69) is 0 Å². The Balaban J connectivity index is 1.93. The molecule has 1 heterocycles. The Kier molecular flexibility index (Phi) is 5.85. The number of anilines is 1. The van der Waals surface area contributed by atoms with Gasteiger partial charge in [-0.1, -0.05) is 18.2 Å². The van der Waals surface area contributed by atoms with Gasteiger partial charge in [0.1, 0.15) is 0 Å². The first-order valence-electron chi connectivity index (χ1n) is 8.66. The van der Waals surface area contributed by atoms with Crippen LogP contribution < -0.4 is 4.31 Å². The SMILES string of the molecule is O=S(=O)(c1ccc(S(=O)(=O)N(CCO)c2ccccc2)cc1)N1CCCC1. The van der Waals surface area contributed by atoms with E-state index in [0.717, 1.165) is 17.1 Å². The van der Waals surface area contributed by atoms with Gasteiger partial charge in [0.25, 0.3) is 10.0 Å². The van der Waals surface area contributed by atoms with Gasteiger partial charge in [-0.05, 0) is 49.2 Å². The Morgan fingerprint density at radius 3 is 1.96 bits per heavy atom. The minimum atomic E-state index is -3.93. The molecule has 2 aromatic carbocycles. The smallest absolute Gasteiger partial charge is 0.264 e. The summed E-state index contributed by atoms with van der Waals surface area (Å²) in [5, 5.41) is 9.29. The van der Waals surface area contributed by atoms with Crippen molar-refractivity contribution >= 4 is 25.7 Å². The van der Waals surface area contributed by atoms with Gasteiger partial charge in [-0.25, -0.2) is 16.8 Å². The van der Waals surface area contributed by atoms with E-state index in [1.807, 2.05) is 0 Å². The fourth-order valence-electron chi connectivity index (χ4n) is 3.06. The van der Waals surface area contributed by atoms with Gasteiger partial charge in [-0.2, -0.15) is 4.31 Å². The van der Waals surface area contributed by atoms with E-state index < -0.39 is 20.0 Å². The standard InChI is InChI=1S/C18H22N2O5S2/c21-15-14-20(16-6-2-1-3-7-16)27(24,25)18-10-8-17(9-11-18)26(22,23)19-12-4-5-13-19/h1-3,6-11,21H,4-5,12-15H2. The third-order valence-electron chi connectivity index (χ3n) is 4.46. The molecule has 27 heavy (non-hydrogen) atoms. The van der Waals surface area contributed by atoms with Crippen LogP contribution in [0.25, 0.3) is 0 Å². The summed E-state index contributed by atoms with van der Waals surface area (Å²) in [7, 11) is -7.53. The van der Waals surface area contributed by atoms with Crippen LogP contribution in [0.15, 0.2) is 64.4 Å². The summed E-state index contributed by atoms with van der Waals surface area (Å²) in [4.78, 5) is 0.0527. The van der Waals surface area contributed by atoms with Crippen LogP contribution in [0.3, 0.4) is 0 Å². The summed E-state index contributed by atoms with van der Waals surface area (Å²) in [6, 6.07) is 13.7. The average molecular weight is 411 g/mol. The van der Waals surface area contributed by atoms with Crippen LogP contribution in [0, 0.1) is 0 Å². The molecule has 0 aromatic heterocycles. The zero-order valence-corrected chi connectivity index (χ0v) is 16.4. The third kappa shape index (κ3) is 4.01. The Bertz CT molecular complexity index is 968. The number of para-hydroxylation sites is 1. The van der Waals surface area contributed by atoms with Gasteiger partial charge in [0, 0.05) is 13.1 Å². The molecule has 1 N–H and O–H groups in total. The predicted octanol–water partition coefficient (Wildman–Crippen LogP) is 1.66. The highest BCUT2D eigenvalue weighted by Crippen LogP contribution is 2.26. The van der Waals surface area contributed by atoms with Crippen LogP contribution in [0.2, 0.25) is 0 Å². The highest BCUT2D eigenvalue weighted by Gasteiger charge is 2.29. The van der Waals surface area contributed by atoms with E-state index in [1.54, 1.807) is 30.3 Å². The number of hydrogen-bond acceptors (Lipinski definition) is 5. The van der Waals surface area contributed by atoms with Crippen molar-refractivity contribution in [1.82, 2.24) is 4.31 Å². The van der Waals surface area contributed by atoms with E-state index in [-0.39, 0.29) is 22.9 Å². The van der Waals surface area contributed by atoms with Crippen molar-refractivity contribution in [2.45, 2.75) is 22.6 Å². The molecule has 1 saturated heterocycles. The molecule has 0 atom stereocenters. The van der Waals surface area contributed by atoms with Crippen LogP contribution in [-0.4, -0.2) is 52.5 Å². The van der Waals surface area contributed by atoms with Crippen molar-refractivity contribution in [3.63, 3.8) is 0 Å². The van der Waals surface area contributed by atoms with Crippen LogP contribution in [0.5, 0.6) is 0 Å².